The fourth-order valence-corrected chi connectivity index (χ4v) is 3.91. The number of fused-ring (bicyclic) bond motifs is 1. The predicted octanol–water partition coefficient (Wildman–Crippen LogP) is 3.68. The van der Waals surface area contributed by atoms with E-state index < -0.39 is 0 Å². The Morgan fingerprint density at radius 2 is 1.92 bits per heavy atom. The smallest absolute Gasteiger partial charge is 0.284 e. The number of benzene rings is 2. The molecule has 2 heterocycles. The van der Waals surface area contributed by atoms with Gasteiger partial charge in [-0.3, -0.25) is 9.79 Å². The first kappa shape index (κ1) is 16.5. The molecule has 3 aromatic rings. The number of carbonyl (C=O) groups excluding carboxylic acids is 1. The first-order valence-electron chi connectivity index (χ1n) is 8.39. The summed E-state index contributed by atoms with van der Waals surface area (Å²) in [5.41, 5.74) is 11.1. The Balaban J connectivity index is 1.64. The van der Waals surface area contributed by atoms with Crippen molar-refractivity contribution in [3.05, 3.63) is 75.2 Å². The van der Waals surface area contributed by atoms with Crippen LogP contribution in [-0.2, 0) is 6.42 Å². The van der Waals surface area contributed by atoms with E-state index in [9.17, 15) is 4.79 Å². The maximum atomic E-state index is 12.6. The number of hydrogen-bond donors (Lipinski definition) is 2. The molecular formula is C20H18N4OS. The zero-order valence-electron chi connectivity index (χ0n) is 14.3. The van der Waals surface area contributed by atoms with E-state index in [1.165, 1.54) is 16.9 Å². The summed E-state index contributed by atoms with van der Waals surface area (Å²) in [4.78, 5) is 22.8. The van der Waals surface area contributed by atoms with Crippen molar-refractivity contribution >= 4 is 34.3 Å². The highest BCUT2D eigenvalue weighted by molar-refractivity contribution is 7.16. The van der Waals surface area contributed by atoms with Gasteiger partial charge in [-0.05, 0) is 19.1 Å². The second-order valence-corrected chi connectivity index (χ2v) is 7.18. The Morgan fingerprint density at radius 3 is 2.69 bits per heavy atom. The van der Waals surface area contributed by atoms with E-state index in [4.69, 9.17) is 5.73 Å². The number of aliphatic imine (C=N–C) groups is 1. The number of anilines is 2. The topological polar surface area (TPSA) is 80.4 Å². The fourth-order valence-electron chi connectivity index (χ4n) is 2.87. The first-order chi connectivity index (χ1) is 12.6. The van der Waals surface area contributed by atoms with Gasteiger partial charge in [0.05, 0.1) is 27.7 Å². The van der Waals surface area contributed by atoms with Crippen molar-refractivity contribution in [3.8, 4) is 0 Å². The SMILES string of the molecule is Cc1ccc(C2=NCCc3nc(C(=O)Nc4ccccc4N)sc32)cc1. The molecule has 2 aromatic carbocycles. The third-order valence-corrected chi connectivity index (χ3v) is 5.36. The second-order valence-electron chi connectivity index (χ2n) is 6.18. The Labute approximate surface area is 155 Å². The zero-order valence-corrected chi connectivity index (χ0v) is 15.1. The highest BCUT2D eigenvalue weighted by Gasteiger charge is 2.23. The molecule has 1 aliphatic rings. The van der Waals surface area contributed by atoms with Crippen molar-refractivity contribution in [2.75, 3.05) is 17.6 Å². The van der Waals surface area contributed by atoms with Crippen LogP contribution in [0.25, 0.3) is 0 Å². The molecule has 6 heteroatoms. The van der Waals surface area contributed by atoms with Crippen molar-refractivity contribution in [1.29, 1.82) is 0 Å². The van der Waals surface area contributed by atoms with Gasteiger partial charge in [0.1, 0.15) is 0 Å². The van der Waals surface area contributed by atoms with E-state index in [2.05, 4.69) is 46.5 Å². The summed E-state index contributed by atoms with van der Waals surface area (Å²) < 4.78 is 0. The molecule has 1 aliphatic heterocycles. The van der Waals surface area contributed by atoms with Crippen molar-refractivity contribution in [1.82, 2.24) is 4.98 Å². The van der Waals surface area contributed by atoms with Crippen LogP contribution in [0.3, 0.4) is 0 Å². The van der Waals surface area contributed by atoms with Gasteiger partial charge in [-0.1, -0.05) is 42.0 Å². The van der Waals surface area contributed by atoms with Crippen LogP contribution in [0.15, 0.2) is 53.5 Å². The number of aryl methyl sites for hydroxylation is 1. The van der Waals surface area contributed by atoms with Crippen LogP contribution < -0.4 is 11.1 Å². The monoisotopic (exact) mass is 362 g/mol. The number of aromatic nitrogens is 1. The van der Waals surface area contributed by atoms with E-state index in [1.54, 1.807) is 12.1 Å². The summed E-state index contributed by atoms with van der Waals surface area (Å²) in [5.74, 6) is -0.245. The maximum Gasteiger partial charge on any atom is 0.284 e. The molecular weight excluding hydrogens is 344 g/mol. The minimum Gasteiger partial charge on any atom is -0.397 e. The lowest BCUT2D eigenvalue weighted by Gasteiger charge is -2.11. The summed E-state index contributed by atoms with van der Waals surface area (Å²) in [5, 5.41) is 3.27. The minimum atomic E-state index is -0.245. The number of para-hydroxylation sites is 2. The molecule has 0 unspecified atom stereocenters. The molecule has 26 heavy (non-hydrogen) atoms. The molecule has 3 N–H and O–H groups in total. The number of carbonyl (C=O) groups is 1. The zero-order chi connectivity index (χ0) is 18.1. The van der Waals surface area contributed by atoms with Gasteiger partial charge < -0.3 is 11.1 Å². The van der Waals surface area contributed by atoms with Gasteiger partial charge in [-0.25, -0.2) is 4.98 Å². The van der Waals surface area contributed by atoms with E-state index in [-0.39, 0.29) is 5.91 Å². The van der Waals surface area contributed by atoms with E-state index >= 15 is 0 Å². The van der Waals surface area contributed by atoms with Gasteiger partial charge in [0.2, 0.25) is 0 Å². The third-order valence-electron chi connectivity index (χ3n) is 4.26. The van der Waals surface area contributed by atoms with Gasteiger partial charge in [0.25, 0.3) is 5.91 Å². The van der Waals surface area contributed by atoms with Crippen molar-refractivity contribution in [2.24, 2.45) is 4.99 Å². The molecule has 1 amide bonds. The predicted molar refractivity (Wildman–Crippen MR) is 106 cm³/mol. The first-order valence-corrected chi connectivity index (χ1v) is 9.21. The maximum absolute atomic E-state index is 12.6. The number of thiazole rings is 1. The fraction of sp³-hybridized carbons (Fsp3) is 0.150. The van der Waals surface area contributed by atoms with E-state index in [1.807, 2.05) is 12.1 Å². The molecule has 130 valence electrons. The van der Waals surface area contributed by atoms with Crippen molar-refractivity contribution in [2.45, 2.75) is 13.3 Å². The highest BCUT2D eigenvalue weighted by atomic mass is 32.1. The Morgan fingerprint density at radius 1 is 1.15 bits per heavy atom. The molecule has 0 bridgehead atoms. The van der Waals surface area contributed by atoms with Crippen LogP contribution >= 0.6 is 11.3 Å². The van der Waals surface area contributed by atoms with Crippen LogP contribution in [0.2, 0.25) is 0 Å². The summed E-state index contributed by atoms with van der Waals surface area (Å²) in [6.45, 7) is 2.74. The Hall–Kier alpha value is -2.99. The van der Waals surface area contributed by atoms with Gasteiger partial charge in [-0.15, -0.1) is 11.3 Å². The molecule has 5 nitrogen and oxygen atoms in total. The Bertz CT molecular complexity index is 1000. The summed E-state index contributed by atoms with van der Waals surface area (Å²) >= 11 is 1.38. The van der Waals surface area contributed by atoms with Crippen LogP contribution in [0.5, 0.6) is 0 Å². The lowest BCUT2D eigenvalue weighted by Crippen LogP contribution is -2.13. The molecule has 0 aliphatic carbocycles. The van der Waals surface area contributed by atoms with Crippen molar-refractivity contribution < 1.29 is 4.79 Å². The number of nitrogens with one attached hydrogen (secondary N) is 1. The number of nitrogens with zero attached hydrogens (tertiary/aromatic N) is 2. The summed E-state index contributed by atoms with van der Waals surface area (Å²) in [6, 6.07) is 15.5. The largest absolute Gasteiger partial charge is 0.397 e. The van der Waals surface area contributed by atoms with Gasteiger partial charge in [0.15, 0.2) is 5.01 Å². The molecule has 0 atom stereocenters. The standard InChI is InChI=1S/C20H18N4OS/c1-12-6-8-13(9-7-12)17-18-16(10-11-22-17)24-20(26-18)19(25)23-15-5-3-2-4-14(15)21/h2-9H,10-11,21H2,1H3,(H,23,25). The van der Waals surface area contributed by atoms with E-state index in [0.717, 1.165) is 28.3 Å². The lowest BCUT2D eigenvalue weighted by molar-refractivity contribution is 0.102. The quantitative estimate of drug-likeness (QED) is 0.698. The number of nitrogens with two attached hydrogens (primary N) is 1. The average molecular weight is 362 g/mol. The van der Waals surface area contributed by atoms with Crippen LogP contribution in [0.4, 0.5) is 11.4 Å². The van der Waals surface area contributed by atoms with Gasteiger partial charge >= 0.3 is 0 Å². The average Bonchev–Trinajstić information content (AvgIpc) is 3.09. The van der Waals surface area contributed by atoms with Crippen molar-refractivity contribution in [3.63, 3.8) is 0 Å². The van der Waals surface area contributed by atoms with E-state index in [0.29, 0.717) is 22.9 Å². The second kappa shape index (κ2) is 6.72. The van der Waals surface area contributed by atoms with Crippen LogP contribution in [-0.4, -0.2) is 23.1 Å². The van der Waals surface area contributed by atoms with Gasteiger partial charge in [0, 0.05) is 18.5 Å². The third kappa shape index (κ3) is 3.11. The summed E-state index contributed by atoms with van der Waals surface area (Å²) in [7, 11) is 0. The van der Waals surface area contributed by atoms with Crippen LogP contribution in [0.1, 0.15) is 31.5 Å². The molecule has 0 saturated heterocycles. The minimum absolute atomic E-state index is 0.245. The molecule has 1 aromatic heterocycles. The molecule has 0 saturated carbocycles. The summed E-state index contributed by atoms with van der Waals surface area (Å²) in [6.07, 6.45) is 0.752. The number of hydrogen-bond acceptors (Lipinski definition) is 5. The molecule has 4 rings (SSSR count). The van der Waals surface area contributed by atoms with Crippen LogP contribution in [0, 0.1) is 6.92 Å². The molecule has 0 fully saturated rings. The van der Waals surface area contributed by atoms with Gasteiger partial charge in [-0.2, -0.15) is 0 Å². The Kier molecular flexibility index (Phi) is 4.26. The highest BCUT2D eigenvalue weighted by Crippen LogP contribution is 2.28. The number of nitrogen functional groups attached to an aromatic ring is 1. The number of amides is 1. The lowest BCUT2D eigenvalue weighted by atomic mass is 10.0. The molecule has 0 spiro atoms. The number of rotatable bonds is 3. The molecule has 0 radical (unpaired) electrons. The normalized spacial score (nSPS) is 13.0.